The normalized spacial score (nSPS) is 13.6. The third-order valence-corrected chi connectivity index (χ3v) is 5.90. The molecular formula is C21H23N5O4S. The number of carbonyl (C=O) groups excluding carboxylic acids is 2. The molecule has 1 aliphatic heterocycles. The van der Waals surface area contributed by atoms with Crippen LogP contribution in [0.2, 0.25) is 0 Å². The molecule has 0 saturated carbocycles. The zero-order valence-corrected chi connectivity index (χ0v) is 18.1. The number of benzene rings is 1. The number of thioether (sulfide) groups is 1. The number of aromatic nitrogens is 3. The quantitative estimate of drug-likeness (QED) is 0.534. The van der Waals surface area contributed by atoms with E-state index in [1.54, 1.807) is 42.5 Å². The van der Waals surface area contributed by atoms with E-state index in [1.807, 2.05) is 17.6 Å². The van der Waals surface area contributed by atoms with Crippen LogP contribution in [-0.4, -0.2) is 46.0 Å². The number of methoxy groups -OCH3 is 1. The molecule has 1 fully saturated rings. The molecule has 0 radical (unpaired) electrons. The molecule has 0 aliphatic carbocycles. The van der Waals surface area contributed by atoms with Crippen LogP contribution in [0.25, 0.3) is 11.6 Å². The SMILES string of the molecule is CCn1c(SCC(=O)Nc2ccc(N3CCCC3=O)c(OC)c2)nnc1-c1ccco1. The van der Waals surface area contributed by atoms with Crippen LogP contribution in [0, 0.1) is 0 Å². The second kappa shape index (κ2) is 9.25. The predicted molar refractivity (Wildman–Crippen MR) is 117 cm³/mol. The molecule has 3 heterocycles. The van der Waals surface area contributed by atoms with Crippen LogP contribution in [-0.2, 0) is 16.1 Å². The zero-order valence-electron chi connectivity index (χ0n) is 17.3. The lowest BCUT2D eigenvalue weighted by Gasteiger charge is -2.19. The smallest absolute Gasteiger partial charge is 0.234 e. The van der Waals surface area contributed by atoms with Crippen LogP contribution in [0.5, 0.6) is 5.75 Å². The van der Waals surface area contributed by atoms with Crippen molar-refractivity contribution in [3.05, 3.63) is 36.6 Å². The molecule has 1 aliphatic rings. The van der Waals surface area contributed by atoms with Gasteiger partial charge >= 0.3 is 0 Å². The fourth-order valence-corrected chi connectivity index (χ4v) is 4.28. The molecule has 0 spiro atoms. The first-order chi connectivity index (χ1) is 15.1. The molecule has 0 atom stereocenters. The Morgan fingerprint density at radius 2 is 2.19 bits per heavy atom. The summed E-state index contributed by atoms with van der Waals surface area (Å²) in [6.45, 7) is 3.31. The number of nitrogens with one attached hydrogen (secondary N) is 1. The van der Waals surface area contributed by atoms with E-state index >= 15 is 0 Å². The first-order valence-electron chi connectivity index (χ1n) is 9.98. The van der Waals surface area contributed by atoms with E-state index in [2.05, 4.69) is 15.5 Å². The molecule has 1 N–H and O–H groups in total. The summed E-state index contributed by atoms with van der Waals surface area (Å²) in [5.41, 5.74) is 1.32. The Morgan fingerprint density at radius 1 is 1.32 bits per heavy atom. The summed E-state index contributed by atoms with van der Waals surface area (Å²) in [4.78, 5) is 26.3. The number of carbonyl (C=O) groups is 2. The molecule has 0 unspecified atom stereocenters. The maximum Gasteiger partial charge on any atom is 0.234 e. The van der Waals surface area contributed by atoms with Crippen LogP contribution in [0.3, 0.4) is 0 Å². The van der Waals surface area contributed by atoms with Gasteiger partial charge in [-0.15, -0.1) is 10.2 Å². The molecule has 9 nitrogen and oxygen atoms in total. The molecule has 3 aromatic rings. The highest BCUT2D eigenvalue weighted by molar-refractivity contribution is 7.99. The van der Waals surface area contributed by atoms with Gasteiger partial charge in [-0.05, 0) is 37.6 Å². The Kier molecular flexibility index (Phi) is 6.26. The molecule has 2 aromatic heterocycles. The van der Waals surface area contributed by atoms with Gasteiger partial charge in [0, 0.05) is 31.3 Å². The van der Waals surface area contributed by atoms with Gasteiger partial charge in [0.25, 0.3) is 0 Å². The first kappa shape index (κ1) is 21.0. The lowest BCUT2D eigenvalue weighted by atomic mass is 10.2. The summed E-state index contributed by atoms with van der Waals surface area (Å²) in [7, 11) is 1.55. The highest BCUT2D eigenvalue weighted by Gasteiger charge is 2.24. The fraction of sp³-hybridized carbons (Fsp3) is 0.333. The Morgan fingerprint density at radius 3 is 2.87 bits per heavy atom. The van der Waals surface area contributed by atoms with Crippen LogP contribution < -0.4 is 15.0 Å². The van der Waals surface area contributed by atoms with Crippen molar-refractivity contribution >= 4 is 35.0 Å². The summed E-state index contributed by atoms with van der Waals surface area (Å²) < 4.78 is 12.8. The number of anilines is 2. The van der Waals surface area contributed by atoms with Gasteiger partial charge in [-0.2, -0.15) is 0 Å². The van der Waals surface area contributed by atoms with Crippen molar-refractivity contribution in [1.29, 1.82) is 0 Å². The number of hydrogen-bond acceptors (Lipinski definition) is 7. The van der Waals surface area contributed by atoms with Gasteiger partial charge in [-0.3, -0.25) is 14.2 Å². The number of ether oxygens (including phenoxy) is 1. The van der Waals surface area contributed by atoms with Crippen molar-refractivity contribution in [2.24, 2.45) is 0 Å². The number of furan rings is 1. The van der Waals surface area contributed by atoms with Gasteiger partial charge in [0.2, 0.25) is 11.8 Å². The standard InChI is InChI=1S/C21H23N5O4S/c1-3-25-20(16-6-5-11-30-16)23-24-21(25)31-13-18(27)22-14-8-9-15(17(12-14)29-2)26-10-4-7-19(26)28/h5-6,8-9,11-12H,3-4,7,10,13H2,1-2H3,(H,22,27). The van der Waals surface area contributed by atoms with E-state index in [0.717, 1.165) is 12.1 Å². The summed E-state index contributed by atoms with van der Waals surface area (Å²) in [6.07, 6.45) is 2.97. The topological polar surface area (TPSA) is 102 Å². The number of nitrogens with zero attached hydrogens (tertiary/aromatic N) is 4. The Hall–Kier alpha value is -3.27. The number of rotatable bonds is 8. The van der Waals surface area contributed by atoms with E-state index < -0.39 is 0 Å². The van der Waals surface area contributed by atoms with E-state index in [-0.39, 0.29) is 17.6 Å². The molecule has 162 valence electrons. The van der Waals surface area contributed by atoms with Gasteiger partial charge in [0.05, 0.1) is 24.8 Å². The summed E-state index contributed by atoms with van der Waals surface area (Å²) >= 11 is 1.30. The Balaban J connectivity index is 1.41. The maximum absolute atomic E-state index is 12.5. The maximum atomic E-state index is 12.5. The van der Waals surface area contributed by atoms with Crippen molar-refractivity contribution in [2.75, 3.05) is 29.6 Å². The van der Waals surface area contributed by atoms with Crippen molar-refractivity contribution in [3.8, 4) is 17.3 Å². The summed E-state index contributed by atoms with van der Waals surface area (Å²) in [5.74, 6) is 1.89. The number of hydrogen-bond donors (Lipinski definition) is 1. The van der Waals surface area contributed by atoms with Crippen LogP contribution in [0.15, 0.2) is 46.2 Å². The van der Waals surface area contributed by atoms with E-state index in [1.165, 1.54) is 11.8 Å². The van der Waals surface area contributed by atoms with Crippen LogP contribution in [0.4, 0.5) is 11.4 Å². The third-order valence-electron chi connectivity index (χ3n) is 4.93. The van der Waals surface area contributed by atoms with Crippen molar-refractivity contribution < 1.29 is 18.7 Å². The van der Waals surface area contributed by atoms with Crippen molar-refractivity contribution in [2.45, 2.75) is 31.5 Å². The largest absolute Gasteiger partial charge is 0.494 e. The molecule has 4 rings (SSSR count). The molecule has 1 saturated heterocycles. The van der Waals surface area contributed by atoms with Gasteiger partial charge in [-0.1, -0.05) is 11.8 Å². The highest BCUT2D eigenvalue weighted by Crippen LogP contribution is 2.34. The highest BCUT2D eigenvalue weighted by atomic mass is 32.2. The molecule has 2 amide bonds. The molecule has 1 aromatic carbocycles. The second-order valence-corrected chi connectivity index (χ2v) is 7.84. The minimum atomic E-state index is -0.178. The monoisotopic (exact) mass is 441 g/mol. The Bertz CT molecular complexity index is 1080. The summed E-state index contributed by atoms with van der Waals surface area (Å²) in [6, 6.07) is 8.92. The van der Waals surface area contributed by atoms with E-state index in [9.17, 15) is 9.59 Å². The number of amides is 2. The van der Waals surface area contributed by atoms with Gasteiger partial charge in [0.15, 0.2) is 16.7 Å². The minimum Gasteiger partial charge on any atom is -0.494 e. The van der Waals surface area contributed by atoms with Gasteiger partial charge in [0.1, 0.15) is 5.75 Å². The average Bonchev–Trinajstić information content (AvgIpc) is 3.52. The third kappa shape index (κ3) is 4.43. The predicted octanol–water partition coefficient (Wildman–Crippen LogP) is 3.42. The molecular weight excluding hydrogens is 418 g/mol. The zero-order chi connectivity index (χ0) is 21.8. The molecule has 31 heavy (non-hydrogen) atoms. The van der Waals surface area contributed by atoms with E-state index in [0.29, 0.717) is 47.7 Å². The van der Waals surface area contributed by atoms with E-state index in [4.69, 9.17) is 9.15 Å². The van der Waals surface area contributed by atoms with Gasteiger partial charge < -0.3 is 19.4 Å². The van der Waals surface area contributed by atoms with Crippen LogP contribution in [0.1, 0.15) is 19.8 Å². The molecule has 10 heteroatoms. The minimum absolute atomic E-state index is 0.0837. The van der Waals surface area contributed by atoms with Crippen LogP contribution >= 0.6 is 11.8 Å². The van der Waals surface area contributed by atoms with Crippen molar-refractivity contribution in [3.63, 3.8) is 0 Å². The van der Waals surface area contributed by atoms with Gasteiger partial charge in [-0.25, -0.2) is 0 Å². The Labute approximate surface area is 183 Å². The first-order valence-corrected chi connectivity index (χ1v) is 11.0. The lowest BCUT2D eigenvalue weighted by Crippen LogP contribution is -2.24. The van der Waals surface area contributed by atoms with Crippen molar-refractivity contribution in [1.82, 2.24) is 14.8 Å². The second-order valence-electron chi connectivity index (χ2n) is 6.90. The average molecular weight is 442 g/mol. The summed E-state index contributed by atoms with van der Waals surface area (Å²) in [5, 5.41) is 11.9. The fourth-order valence-electron chi connectivity index (χ4n) is 3.48. The lowest BCUT2D eigenvalue weighted by molar-refractivity contribution is -0.117. The molecule has 0 bridgehead atoms.